The van der Waals surface area contributed by atoms with Crippen molar-refractivity contribution < 1.29 is 9.21 Å². The molecule has 18 heavy (non-hydrogen) atoms. The molecule has 0 aliphatic carbocycles. The van der Waals surface area contributed by atoms with Crippen LogP contribution in [0.5, 0.6) is 0 Å². The monoisotopic (exact) mass is 366 g/mol. The summed E-state index contributed by atoms with van der Waals surface area (Å²) in [4.78, 5) is 11.8. The van der Waals surface area contributed by atoms with Crippen molar-refractivity contribution in [2.75, 3.05) is 5.33 Å². The molecule has 4 heteroatoms. The van der Waals surface area contributed by atoms with Crippen LogP contribution in [0.15, 0.2) is 45.3 Å². The van der Waals surface area contributed by atoms with Crippen molar-refractivity contribution in [2.24, 2.45) is 0 Å². The minimum Gasteiger partial charge on any atom is -0.455 e. The van der Waals surface area contributed by atoms with Crippen molar-refractivity contribution in [1.82, 2.24) is 0 Å². The predicted octanol–water partition coefficient (Wildman–Crippen LogP) is 4.93. The molecular formula is C14H8Br2O2. The lowest BCUT2D eigenvalue weighted by Gasteiger charge is -1.99. The Morgan fingerprint density at radius 2 is 1.94 bits per heavy atom. The van der Waals surface area contributed by atoms with Gasteiger partial charge in [0.15, 0.2) is 5.78 Å². The quantitative estimate of drug-likeness (QED) is 0.475. The fraction of sp³-hybridized carbons (Fsp3) is 0.0714. The summed E-state index contributed by atoms with van der Waals surface area (Å²) < 4.78 is 6.59. The Hall–Kier alpha value is -1.13. The van der Waals surface area contributed by atoms with Crippen molar-refractivity contribution in [1.29, 1.82) is 0 Å². The van der Waals surface area contributed by atoms with E-state index in [-0.39, 0.29) is 5.78 Å². The third-order valence-electron chi connectivity index (χ3n) is 2.88. The van der Waals surface area contributed by atoms with Gasteiger partial charge in [0.25, 0.3) is 0 Å². The largest absolute Gasteiger partial charge is 0.455 e. The second-order valence-electron chi connectivity index (χ2n) is 3.99. The number of fused-ring (bicyclic) bond motifs is 3. The molecule has 3 rings (SSSR count). The highest BCUT2D eigenvalue weighted by atomic mass is 79.9. The molecule has 0 aliphatic heterocycles. The number of rotatable bonds is 2. The van der Waals surface area contributed by atoms with Crippen LogP contribution in [0.1, 0.15) is 10.4 Å². The summed E-state index contributed by atoms with van der Waals surface area (Å²) in [5.74, 6) is 0.0582. The summed E-state index contributed by atoms with van der Waals surface area (Å²) >= 11 is 6.65. The molecule has 0 saturated carbocycles. The van der Waals surface area contributed by atoms with Gasteiger partial charge in [-0.1, -0.05) is 34.1 Å². The number of hydrogen-bond donors (Lipinski definition) is 0. The van der Waals surface area contributed by atoms with Crippen LogP contribution in [-0.2, 0) is 0 Å². The Morgan fingerprint density at radius 3 is 2.72 bits per heavy atom. The average Bonchev–Trinajstić information content (AvgIpc) is 2.77. The van der Waals surface area contributed by atoms with Gasteiger partial charge in [-0.25, -0.2) is 0 Å². The molecule has 0 atom stereocenters. The van der Waals surface area contributed by atoms with E-state index in [4.69, 9.17) is 4.42 Å². The zero-order valence-corrected chi connectivity index (χ0v) is 12.4. The van der Waals surface area contributed by atoms with Crippen molar-refractivity contribution >= 4 is 59.6 Å². The first-order valence-electron chi connectivity index (χ1n) is 5.40. The van der Waals surface area contributed by atoms with Crippen LogP contribution in [0.25, 0.3) is 21.9 Å². The molecule has 2 aromatic carbocycles. The fourth-order valence-electron chi connectivity index (χ4n) is 2.02. The van der Waals surface area contributed by atoms with Crippen LogP contribution in [-0.4, -0.2) is 11.1 Å². The molecule has 1 heterocycles. The first-order chi connectivity index (χ1) is 8.70. The van der Waals surface area contributed by atoms with Crippen LogP contribution in [0, 0.1) is 0 Å². The Labute approximate surface area is 120 Å². The number of hydrogen-bond acceptors (Lipinski definition) is 2. The van der Waals surface area contributed by atoms with Gasteiger partial charge >= 0.3 is 0 Å². The third-order valence-corrected chi connectivity index (χ3v) is 3.97. The predicted molar refractivity (Wildman–Crippen MR) is 79.5 cm³/mol. The lowest BCUT2D eigenvalue weighted by atomic mass is 10.1. The number of furan rings is 1. The Kier molecular flexibility index (Phi) is 2.99. The highest BCUT2D eigenvalue weighted by molar-refractivity contribution is 9.10. The number of benzene rings is 2. The van der Waals surface area contributed by atoms with Gasteiger partial charge in [-0.3, -0.25) is 4.79 Å². The van der Waals surface area contributed by atoms with Gasteiger partial charge in [-0.05, 0) is 34.1 Å². The number of alkyl halides is 1. The molecule has 3 aromatic rings. The first-order valence-corrected chi connectivity index (χ1v) is 7.32. The molecule has 0 spiro atoms. The van der Waals surface area contributed by atoms with E-state index in [0.717, 1.165) is 26.4 Å². The smallest absolute Gasteiger partial charge is 0.173 e. The highest BCUT2D eigenvalue weighted by Crippen LogP contribution is 2.34. The van der Waals surface area contributed by atoms with E-state index in [0.29, 0.717) is 10.9 Å². The van der Waals surface area contributed by atoms with Gasteiger partial charge < -0.3 is 4.42 Å². The van der Waals surface area contributed by atoms with Crippen molar-refractivity contribution in [3.8, 4) is 0 Å². The van der Waals surface area contributed by atoms with Gasteiger partial charge in [-0.15, -0.1) is 0 Å². The molecule has 0 saturated heterocycles. The number of Topliss-reactive ketones (excluding diaryl/α,β-unsaturated/α-hetero) is 1. The fourth-order valence-corrected chi connectivity index (χ4v) is 2.89. The summed E-state index contributed by atoms with van der Waals surface area (Å²) in [6, 6.07) is 11.5. The Bertz CT molecular complexity index is 759. The molecule has 0 unspecified atom stereocenters. The van der Waals surface area contributed by atoms with Crippen LogP contribution in [0.2, 0.25) is 0 Å². The number of carbonyl (C=O) groups is 1. The average molecular weight is 368 g/mol. The van der Waals surface area contributed by atoms with E-state index in [1.165, 1.54) is 0 Å². The first kappa shape index (κ1) is 11.9. The lowest BCUT2D eigenvalue weighted by molar-refractivity contribution is 0.102. The van der Waals surface area contributed by atoms with Crippen LogP contribution in [0.3, 0.4) is 0 Å². The molecule has 0 N–H and O–H groups in total. The highest BCUT2D eigenvalue weighted by Gasteiger charge is 2.13. The van der Waals surface area contributed by atoms with Gasteiger partial charge in [0.05, 0.1) is 9.80 Å². The molecule has 0 radical (unpaired) electrons. The van der Waals surface area contributed by atoms with E-state index < -0.39 is 0 Å². The van der Waals surface area contributed by atoms with E-state index in [2.05, 4.69) is 31.9 Å². The van der Waals surface area contributed by atoms with Gasteiger partial charge in [0.2, 0.25) is 0 Å². The maximum atomic E-state index is 11.8. The Morgan fingerprint density at radius 1 is 1.17 bits per heavy atom. The minimum atomic E-state index is 0.0582. The standard InChI is InChI=1S/C14H8Br2O2/c15-7-12(17)8-5-10-9-3-1-2-4-13(9)18-14(10)11(16)6-8/h1-6H,7H2. The lowest BCUT2D eigenvalue weighted by Crippen LogP contribution is -1.99. The zero-order chi connectivity index (χ0) is 12.7. The van der Waals surface area contributed by atoms with Gasteiger partial charge in [-0.2, -0.15) is 0 Å². The van der Waals surface area contributed by atoms with Gasteiger partial charge in [0, 0.05) is 16.3 Å². The second kappa shape index (κ2) is 4.52. The summed E-state index contributed by atoms with van der Waals surface area (Å²) in [6.45, 7) is 0. The summed E-state index contributed by atoms with van der Waals surface area (Å²) in [6.07, 6.45) is 0. The number of halogens is 2. The second-order valence-corrected chi connectivity index (χ2v) is 5.40. The third kappa shape index (κ3) is 1.80. The molecule has 0 aliphatic rings. The van der Waals surface area contributed by atoms with E-state index in [1.54, 1.807) is 6.07 Å². The molecule has 0 fully saturated rings. The molecular weight excluding hydrogens is 360 g/mol. The maximum Gasteiger partial charge on any atom is 0.173 e. The van der Waals surface area contributed by atoms with Crippen molar-refractivity contribution in [2.45, 2.75) is 0 Å². The van der Waals surface area contributed by atoms with Crippen LogP contribution < -0.4 is 0 Å². The van der Waals surface area contributed by atoms with E-state index in [9.17, 15) is 4.79 Å². The molecule has 90 valence electrons. The summed E-state index contributed by atoms with van der Waals surface area (Å²) in [7, 11) is 0. The van der Waals surface area contributed by atoms with Crippen molar-refractivity contribution in [3.05, 3.63) is 46.4 Å². The number of carbonyl (C=O) groups excluding carboxylic acids is 1. The molecule has 0 amide bonds. The Balaban J connectivity index is 2.40. The van der Waals surface area contributed by atoms with Crippen LogP contribution >= 0.6 is 31.9 Å². The topological polar surface area (TPSA) is 30.2 Å². The van der Waals surface area contributed by atoms with Crippen LogP contribution in [0.4, 0.5) is 0 Å². The molecule has 2 nitrogen and oxygen atoms in total. The number of ketones is 1. The SMILES string of the molecule is O=C(CBr)c1cc(Br)c2oc3ccccc3c2c1. The zero-order valence-electron chi connectivity index (χ0n) is 9.24. The van der Waals surface area contributed by atoms with E-state index >= 15 is 0 Å². The number of para-hydroxylation sites is 1. The molecule has 0 bridgehead atoms. The summed E-state index contributed by atoms with van der Waals surface area (Å²) in [5.41, 5.74) is 2.29. The van der Waals surface area contributed by atoms with Gasteiger partial charge in [0.1, 0.15) is 11.2 Å². The van der Waals surface area contributed by atoms with E-state index in [1.807, 2.05) is 30.3 Å². The minimum absolute atomic E-state index is 0.0582. The molecule has 1 aromatic heterocycles. The summed E-state index contributed by atoms with van der Waals surface area (Å²) in [5, 5.41) is 2.31. The maximum absolute atomic E-state index is 11.8. The normalized spacial score (nSPS) is 11.2. The van der Waals surface area contributed by atoms with Crippen molar-refractivity contribution in [3.63, 3.8) is 0 Å².